The van der Waals surface area contributed by atoms with E-state index in [9.17, 15) is 4.79 Å². The third kappa shape index (κ3) is 2.18. The van der Waals surface area contributed by atoms with Gasteiger partial charge in [0.1, 0.15) is 5.82 Å². The molecule has 1 amide bonds. The van der Waals surface area contributed by atoms with Crippen molar-refractivity contribution in [1.82, 2.24) is 10.3 Å². The number of amides is 1. The zero-order chi connectivity index (χ0) is 13.2. The van der Waals surface area contributed by atoms with Crippen LogP contribution in [0.1, 0.15) is 18.9 Å². The molecule has 5 nitrogen and oxygen atoms in total. The summed E-state index contributed by atoms with van der Waals surface area (Å²) in [6, 6.07) is 3.87. The normalized spacial score (nSPS) is 23.2. The van der Waals surface area contributed by atoms with Crippen molar-refractivity contribution in [3.63, 3.8) is 0 Å². The third-order valence-electron chi connectivity index (χ3n) is 3.64. The lowest BCUT2D eigenvalue weighted by Crippen LogP contribution is -2.39. The monoisotopic (exact) mass is 248 g/mol. The van der Waals surface area contributed by atoms with Crippen LogP contribution in [0.4, 0.5) is 5.82 Å². The molecular formula is C13H20N4O. The molecule has 18 heavy (non-hydrogen) atoms. The van der Waals surface area contributed by atoms with Crippen LogP contribution in [0.5, 0.6) is 0 Å². The molecule has 0 aromatic carbocycles. The average Bonchev–Trinajstić information content (AvgIpc) is 2.81. The smallest absolute Gasteiger partial charge is 0.227 e. The van der Waals surface area contributed by atoms with Crippen molar-refractivity contribution in [2.75, 3.05) is 25.0 Å². The van der Waals surface area contributed by atoms with Crippen molar-refractivity contribution in [3.8, 4) is 0 Å². The standard InChI is InChI=1S/C13H20N4O/c1-13(12(18)15-2)5-7-17(9-13)11-10(8-14)4-3-6-16-11/h3-4,6H,5,7-9,14H2,1-2H3,(H,15,18). The Balaban J connectivity index is 2.20. The van der Waals surface area contributed by atoms with Gasteiger partial charge in [0, 0.05) is 38.4 Å². The van der Waals surface area contributed by atoms with Crippen LogP contribution < -0.4 is 16.0 Å². The molecule has 1 aromatic heterocycles. The predicted molar refractivity (Wildman–Crippen MR) is 71.1 cm³/mol. The summed E-state index contributed by atoms with van der Waals surface area (Å²) in [5, 5.41) is 2.74. The highest BCUT2D eigenvalue weighted by atomic mass is 16.2. The second-order valence-electron chi connectivity index (χ2n) is 5.00. The maximum Gasteiger partial charge on any atom is 0.227 e. The summed E-state index contributed by atoms with van der Waals surface area (Å²) in [6.45, 7) is 4.00. The van der Waals surface area contributed by atoms with Gasteiger partial charge < -0.3 is 16.0 Å². The van der Waals surface area contributed by atoms with Crippen LogP contribution in [-0.4, -0.2) is 31.0 Å². The van der Waals surface area contributed by atoms with Gasteiger partial charge in [-0.1, -0.05) is 6.07 Å². The zero-order valence-electron chi connectivity index (χ0n) is 10.9. The molecule has 2 heterocycles. The first-order chi connectivity index (χ1) is 8.60. The molecule has 0 aliphatic carbocycles. The summed E-state index contributed by atoms with van der Waals surface area (Å²) >= 11 is 0. The van der Waals surface area contributed by atoms with E-state index in [1.165, 1.54) is 0 Å². The lowest BCUT2D eigenvalue weighted by molar-refractivity contribution is -0.128. The first kappa shape index (κ1) is 12.8. The zero-order valence-corrected chi connectivity index (χ0v) is 10.9. The molecule has 3 N–H and O–H groups in total. The number of hydrogen-bond donors (Lipinski definition) is 2. The quantitative estimate of drug-likeness (QED) is 0.817. The Morgan fingerprint density at radius 3 is 3.11 bits per heavy atom. The van der Waals surface area contributed by atoms with E-state index >= 15 is 0 Å². The van der Waals surface area contributed by atoms with Crippen molar-refractivity contribution < 1.29 is 4.79 Å². The summed E-state index contributed by atoms with van der Waals surface area (Å²) < 4.78 is 0. The van der Waals surface area contributed by atoms with Gasteiger partial charge >= 0.3 is 0 Å². The van der Waals surface area contributed by atoms with Gasteiger partial charge in [0.15, 0.2) is 0 Å². The van der Waals surface area contributed by atoms with E-state index in [2.05, 4.69) is 15.2 Å². The third-order valence-corrected chi connectivity index (χ3v) is 3.64. The first-order valence-corrected chi connectivity index (χ1v) is 6.22. The number of carbonyl (C=O) groups excluding carboxylic acids is 1. The van der Waals surface area contributed by atoms with Crippen LogP contribution in [0.3, 0.4) is 0 Å². The average molecular weight is 248 g/mol. The topological polar surface area (TPSA) is 71.2 Å². The van der Waals surface area contributed by atoms with Gasteiger partial charge in [0.2, 0.25) is 5.91 Å². The number of anilines is 1. The molecule has 1 aliphatic rings. The van der Waals surface area contributed by atoms with Crippen LogP contribution >= 0.6 is 0 Å². The Bertz CT molecular complexity index is 448. The Morgan fingerprint density at radius 1 is 1.67 bits per heavy atom. The molecule has 5 heteroatoms. The lowest BCUT2D eigenvalue weighted by Gasteiger charge is -2.24. The van der Waals surface area contributed by atoms with Gasteiger partial charge in [-0.15, -0.1) is 0 Å². The van der Waals surface area contributed by atoms with Gasteiger partial charge in [-0.2, -0.15) is 0 Å². The van der Waals surface area contributed by atoms with Gasteiger partial charge in [0.25, 0.3) is 0 Å². The number of carbonyl (C=O) groups is 1. The molecule has 1 aliphatic heterocycles. The van der Waals surface area contributed by atoms with E-state index in [0.717, 1.165) is 24.3 Å². The SMILES string of the molecule is CNC(=O)C1(C)CCN(c2ncccc2CN)C1. The number of aromatic nitrogens is 1. The highest BCUT2D eigenvalue weighted by Crippen LogP contribution is 2.33. The first-order valence-electron chi connectivity index (χ1n) is 6.22. The molecule has 1 aromatic rings. The number of rotatable bonds is 3. The second-order valence-corrected chi connectivity index (χ2v) is 5.00. The largest absolute Gasteiger partial charge is 0.359 e. The van der Waals surface area contributed by atoms with Crippen LogP contribution in [0, 0.1) is 5.41 Å². The molecule has 98 valence electrons. The lowest BCUT2D eigenvalue weighted by atomic mass is 9.89. The minimum absolute atomic E-state index is 0.0928. The molecule has 0 bridgehead atoms. The van der Waals surface area contributed by atoms with Crippen molar-refractivity contribution >= 4 is 11.7 Å². The van der Waals surface area contributed by atoms with Crippen LogP contribution in [0.2, 0.25) is 0 Å². The molecule has 1 unspecified atom stereocenters. The maximum absolute atomic E-state index is 11.9. The van der Waals surface area contributed by atoms with E-state index in [1.54, 1.807) is 13.2 Å². The summed E-state index contributed by atoms with van der Waals surface area (Å²) in [6.07, 6.45) is 2.61. The maximum atomic E-state index is 11.9. The summed E-state index contributed by atoms with van der Waals surface area (Å²) in [7, 11) is 1.68. The highest BCUT2D eigenvalue weighted by Gasteiger charge is 2.40. The fraction of sp³-hybridized carbons (Fsp3) is 0.538. The molecule has 1 fully saturated rings. The molecule has 1 atom stereocenters. The second kappa shape index (κ2) is 4.94. The molecule has 1 saturated heterocycles. The van der Waals surface area contributed by atoms with Gasteiger partial charge in [0.05, 0.1) is 5.41 Å². The van der Waals surface area contributed by atoms with Gasteiger partial charge in [-0.3, -0.25) is 4.79 Å². The fourth-order valence-electron chi connectivity index (χ4n) is 2.50. The van der Waals surface area contributed by atoms with E-state index in [4.69, 9.17) is 5.73 Å². The van der Waals surface area contributed by atoms with E-state index < -0.39 is 0 Å². The Labute approximate surface area is 107 Å². The Morgan fingerprint density at radius 2 is 2.44 bits per heavy atom. The van der Waals surface area contributed by atoms with Crippen molar-refractivity contribution in [2.45, 2.75) is 19.9 Å². The minimum Gasteiger partial charge on any atom is -0.359 e. The summed E-state index contributed by atoms with van der Waals surface area (Å²) in [5.74, 6) is 1.00. The van der Waals surface area contributed by atoms with Crippen LogP contribution in [0.25, 0.3) is 0 Å². The van der Waals surface area contributed by atoms with E-state index in [1.807, 2.05) is 19.1 Å². The van der Waals surface area contributed by atoms with Gasteiger partial charge in [-0.25, -0.2) is 4.98 Å². The Kier molecular flexibility index (Phi) is 3.52. The Hall–Kier alpha value is -1.62. The minimum atomic E-state index is -0.335. The van der Waals surface area contributed by atoms with Crippen LogP contribution in [-0.2, 0) is 11.3 Å². The van der Waals surface area contributed by atoms with Gasteiger partial charge in [-0.05, 0) is 19.4 Å². The number of hydrogen-bond acceptors (Lipinski definition) is 4. The molecular weight excluding hydrogens is 228 g/mol. The number of pyridine rings is 1. The fourth-order valence-corrected chi connectivity index (χ4v) is 2.50. The molecule has 0 spiro atoms. The van der Waals surface area contributed by atoms with E-state index in [0.29, 0.717) is 13.1 Å². The van der Waals surface area contributed by atoms with Crippen molar-refractivity contribution in [3.05, 3.63) is 23.9 Å². The van der Waals surface area contributed by atoms with Crippen molar-refractivity contribution in [1.29, 1.82) is 0 Å². The number of nitrogens with one attached hydrogen (secondary N) is 1. The molecule has 2 rings (SSSR count). The summed E-state index contributed by atoms with van der Waals surface area (Å²) in [4.78, 5) is 18.4. The number of nitrogens with zero attached hydrogens (tertiary/aromatic N) is 2. The van der Waals surface area contributed by atoms with Crippen LogP contribution in [0.15, 0.2) is 18.3 Å². The summed E-state index contributed by atoms with van der Waals surface area (Å²) in [5.41, 5.74) is 6.42. The molecule has 0 saturated carbocycles. The predicted octanol–water partition coefficient (Wildman–Crippen LogP) is 0.503. The van der Waals surface area contributed by atoms with E-state index in [-0.39, 0.29) is 11.3 Å². The number of nitrogens with two attached hydrogens (primary N) is 1. The highest BCUT2D eigenvalue weighted by molar-refractivity contribution is 5.83. The molecule has 0 radical (unpaired) electrons. The van der Waals surface area contributed by atoms with Crippen molar-refractivity contribution in [2.24, 2.45) is 11.1 Å².